The van der Waals surface area contributed by atoms with Crippen molar-refractivity contribution in [2.45, 2.75) is 18.6 Å². The van der Waals surface area contributed by atoms with Gasteiger partial charge in [-0.25, -0.2) is 0 Å². The number of para-hydroxylation sites is 1. The molecule has 114 valence electrons. The van der Waals surface area contributed by atoms with Crippen molar-refractivity contribution in [3.8, 4) is 0 Å². The van der Waals surface area contributed by atoms with Gasteiger partial charge in [-0.2, -0.15) is 0 Å². The second kappa shape index (κ2) is 5.95. The first kappa shape index (κ1) is 14.8. The predicted octanol–water partition coefficient (Wildman–Crippen LogP) is 3.20. The minimum absolute atomic E-state index is 0.152. The van der Waals surface area contributed by atoms with Crippen molar-refractivity contribution in [3.05, 3.63) is 72.4 Å². The first-order valence-corrected chi connectivity index (χ1v) is 7.61. The molecule has 2 N–H and O–H groups in total. The SMILES string of the molecule is CNC[C@](C)(O)[C@H](c1ccccc1)n1ccc2ccccc21. The van der Waals surface area contributed by atoms with Crippen LogP contribution < -0.4 is 5.32 Å². The third-order valence-electron chi connectivity index (χ3n) is 4.15. The Labute approximate surface area is 131 Å². The normalized spacial score (nSPS) is 15.6. The second-order valence-electron chi connectivity index (χ2n) is 5.98. The second-order valence-corrected chi connectivity index (χ2v) is 5.98. The van der Waals surface area contributed by atoms with Gasteiger partial charge < -0.3 is 15.0 Å². The number of hydrogen-bond donors (Lipinski definition) is 2. The number of aromatic nitrogens is 1. The van der Waals surface area contributed by atoms with E-state index in [0.717, 1.165) is 11.1 Å². The summed E-state index contributed by atoms with van der Waals surface area (Å²) in [7, 11) is 1.87. The number of nitrogens with zero attached hydrogens (tertiary/aromatic N) is 1. The van der Waals surface area contributed by atoms with E-state index in [0.29, 0.717) is 6.54 Å². The van der Waals surface area contributed by atoms with Crippen LogP contribution in [0.3, 0.4) is 0 Å². The lowest BCUT2D eigenvalue weighted by Gasteiger charge is -2.35. The zero-order chi connectivity index (χ0) is 15.6. The predicted molar refractivity (Wildman–Crippen MR) is 91.1 cm³/mol. The number of nitrogens with one attached hydrogen (secondary N) is 1. The summed E-state index contributed by atoms with van der Waals surface area (Å²) in [6.45, 7) is 2.40. The lowest BCUT2D eigenvalue weighted by Crippen LogP contribution is -2.44. The van der Waals surface area contributed by atoms with Gasteiger partial charge in [-0.05, 0) is 37.1 Å². The summed E-state index contributed by atoms with van der Waals surface area (Å²) >= 11 is 0. The fourth-order valence-electron chi connectivity index (χ4n) is 3.24. The molecule has 0 aliphatic rings. The van der Waals surface area contributed by atoms with E-state index in [1.54, 1.807) is 0 Å². The van der Waals surface area contributed by atoms with Gasteiger partial charge in [-0.3, -0.25) is 0 Å². The third-order valence-corrected chi connectivity index (χ3v) is 4.15. The van der Waals surface area contributed by atoms with Crippen LogP contribution in [-0.4, -0.2) is 28.9 Å². The fourth-order valence-corrected chi connectivity index (χ4v) is 3.24. The number of hydrogen-bond acceptors (Lipinski definition) is 2. The maximum absolute atomic E-state index is 11.1. The number of fused-ring (bicyclic) bond motifs is 1. The summed E-state index contributed by atoms with van der Waals surface area (Å²) < 4.78 is 2.17. The van der Waals surface area contributed by atoms with Gasteiger partial charge in [0.05, 0.1) is 11.6 Å². The Kier molecular flexibility index (Phi) is 4.01. The van der Waals surface area contributed by atoms with Gasteiger partial charge in [-0.1, -0.05) is 48.5 Å². The molecule has 0 aliphatic heterocycles. The standard InChI is InChI=1S/C19H22N2O/c1-19(22,14-20-2)18(16-9-4-3-5-10-16)21-13-12-15-8-6-7-11-17(15)21/h3-13,18,20,22H,14H2,1-2H3/t18-,19-/m0/s1. The van der Waals surface area contributed by atoms with E-state index in [4.69, 9.17) is 0 Å². The Morgan fingerprint density at radius 1 is 1.05 bits per heavy atom. The van der Waals surface area contributed by atoms with Crippen molar-refractivity contribution in [2.24, 2.45) is 0 Å². The summed E-state index contributed by atoms with van der Waals surface area (Å²) in [5, 5.41) is 15.4. The maximum atomic E-state index is 11.1. The largest absolute Gasteiger partial charge is 0.386 e. The summed E-state index contributed by atoms with van der Waals surface area (Å²) in [6, 6.07) is 20.4. The molecule has 3 nitrogen and oxygen atoms in total. The van der Waals surface area contributed by atoms with Crippen LogP contribution in [0.4, 0.5) is 0 Å². The monoisotopic (exact) mass is 294 g/mol. The molecule has 2 aromatic carbocycles. The Balaban J connectivity index is 2.17. The molecule has 0 radical (unpaired) electrons. The molecule has 1 aromatic heterocycles. The zero-order valence-corrected chi connectivity index (χ0v) is 13.0. The molecular formula is C19H22N2O. The highest BCUT2D eigenvalue weighted by molar-refractivity contribution is 5.80. The van der Waals surface area contributed by atoms with Gasteiger partial charge in [0, 0.05) is 18.3 Å². The van der Waals surface area contributed by atoms with Crippen LogP contribution in [0.25, 0.3) is 10.9 Å². The van der Waals surface area contributed by atoms with E-state index in [1.807, 2.05) is 44.3 Å². The van der Waals surface area contributed by atoms with Crippen LogP contribution in [0, 0.1) is 0 Å². The minimum atomic E-state index is -0.905. The Morgan fingerprint density at radius 3 is 2.45 bits per heavy atom. The topological polar surface area (TPSA) is 37.2 Å². The molecule has 0 amide bonds. The molecule has 0 spiro atoms. The quantitative estimate of drug-likeness (QED) is 0.758. The highest BCUT2D eigenvalue weighted by Gasteiger charge is 2.34. The first-order valence-electron chi connectivity index (χ1n) is 7.61. The molecule has 0 unspecified atom stereocenters. The summed E-state index contributed by atoms with van der Waals surface area (Å²) in [4.78, 5) is 0. The van der Waals surface area contributed by atoms with Crippen LogP contribution in [0.1, 0.15) is 18.5 Å². The summed E-state index contributed by atoms with van der Waals surface area (Å²) in [5.74, 6) is 0. The van der Waals surface area contributed by atoms with Crippen LogP contribution >= 0.6 is 0 Å². The lowest BCUT2D eigenvalue weighted by molar-refractivity contribution is 0.0238. The maximum Gasteiger partial charge on any atom is 0.0990 e. The van der Waals surface area contributed by atoms with E-state index in [9.17, 15) is 5.11 Å². The number of rotatable bonds is 5. The summed E-state index contributed by atoms with van der Waals surface area (Å²) in [5.41, 5.74) is 1.33. The summed E-state index contributed by atoms with van der Waals surface area (Å²) in [6.07, 6.45) is 2.06. The van der Waals surface area contributed by atoms with Crippen LogP contribution in [-0.2, 0) is 0 Å². The number of likely N-dealkylation sites (N-methyl/N-ethyl adjacent to an activating group) is 1. The molecule has 0 aliphatic carbocycles. The lowest BCUT2D eigenvalue weighted by atomic mass is 9.89. The molecule has 1 heterocycles. The highest BCUT2D eigenvalue weighted by Crippen LogP contribution is 2.33. The molecule has 3 rings (SSSR count). The molecule has 3 aromatic rings. The highest BCUT2D eigenvalue weighted by atomic mass is 16.3. The van der Waals surface area contributed by atoms with Crippen LogP contribution in [0.2, 0.25) is 0 Å². The fraction of sp³-hybridized carbons (Fsp3) is 0.263. The molecule has 0 bridgehead atoms. The van der Waals surface area contributed by atoms with Crippen molar-refractivity contribution >= 4 is 10.9 Å². The average molecular weight is 294 g/mol. The van der Waals surface area contributed by atoms with Crippen molar-refractivity contribution in [1.82, 2.24) is 9.88 Å². The molecule has 22 heavy (non-hydrogen) atoms. The Bertz CT molecular complexity index is 746. The van der Waals surface area contributed by atoms with E-state index >= 15 is 0 Å². The minimum Gasteiger partial charge on any atom is -0.386 e. The van der Waals surface area contributed by atoms with Crippen LogP contribution in [0.5, 0.6) is 0 Å². The van der Waals surface area contributed by atoms with Gasteiger partial charge >= 0.3 is 0 Å². The number of benzene rings is 2. The Morgan fingerprint density at radius 2 is 1.73 bits per heavy atom. The van der Waals surface area contributed by atoms with E-state index in [1.165, 1.54) is 5.39 Å². The van der Waals surface area contributed by atoms with Gasteiger partial charge in [0.25, 0.3) is 0 Å². The van der Waals surface area contributed by atoms with Crippen molar-refractivity contribution in [2.75, 3.05) is 13.6 Å². The Hall–Kier alpha value is -2.10. The van der Waals surface area contributed by atoms with Gasteiger partial charge in [-0.15, -0.1) is 0 Å². The van der Waals surface area contributed by atoms with Gasteiger partial charge in [0.2, 0.25) is 0 Å². The molecule has 0 fully saturated rings. The number of aliphatic hydroxyl groups is 1. The molecular weight excluding hydrogens is 272 g/mol. The van der Waals surface area contributed by atoms with Crippen molar-refractivity contribution in [1.29, 1.82) is 0 Å². The third kappa shape index (κ3) is 2.65. The van der Waals surface area contributed by atoms with E-state index in [2.05, 4.69) is 46.4 Å². The van der Waals surface area contributed by atoms with E-state index < -0.39 is 5.60 Å². The van der Waals surface area contributed by atoms with Crippen LogP contribution in [0.15, 0.2) is 66.9 Å². The van der Waals surface area contributed by atoms with Gasteiger partial charge in [0.1, 0.15) is 0 Å². The average Bonchev–Trinajstić information content (AvgIpc) is 2.92. The molecule has 3 heteroatoms. The molecule has 2 atom stereocenters. The molecule has 0 saturated carbocycles. The zero-order valence-electron chi connectivity index (χ0n) is 13.0. The van der Waals surface area contributed by atoms with E-state index in [-0.39, 0.29) is 6.04 Å². The first-order chi connectivity index (χ1) is 10.6. The smallest absolute Gasteiger partial charge is 0.0990 e. The van der Waals surface area contributed by atoms with Crippen molar-refractivity contribution in [3.63, 3.8) is 0 Å². The van der Waals surface area contributed by atoms with Gasteiger partial charge in [0.15, 0.2) is 0 Å². The molecule has 0 saturated heterocycles. The van der Waals surface area contributed by atoms with Crippen molar-refractivity contribution < 1.29 is 5.11 Å².